The van der Waals surface area contributed by atoms with Crippen molar-refractivity contribution in [3.8, 4) is 0 Å². The molecule has 0 aromatic rings. The lowest BCUT2D eigenvalue weighted by molar-refractivity contribution is -0.142. The second kappa shape index (κ2) is 3.50. The first-order chi connectivity index (χ1) is 7.02. The zero-order valence-corrected chi connectivity index (χ0v) is 8.86. The molecule has 1 unspecified atom stereocenters. The van der Waals surface area contributed by atoms with Crippen molar-refractivity contribution in [2.24, 2.45) is 0 Å². The first kappa shape index (κ1) is 10.4. The van der Waals surface area contributed by atoms with E-state index in [0.717, 1.165) is 0 Å². The number of hydrogen-bond donors (Lipinski definition) is 1. The number of amides is 1. The van der Waals surface area contributed by atoms with Crippen molar-refractivity contribution in [1.82, 2.24) is 5.32 Å². The smallest absolute Gasteiger partial charge is 0.408 e. The minimum absolute atomic E-state index is 0.186. The Morgan fingerprint density at radius 1 is 1.60 bits per heavy atom. The Hall–Kier alpha value is -1.07. The van der Waals surface area contributed by atoms with Gasteiger partial charge in [0, 0.05) is 0 Å². The third-order valence-electron chi connectivity index (χ3n) is 2.54. The highest BCUT2D eigenvalue weighted by atomic mass is 16.7. The second-order valence-corrected chi connectivity index (χ2v) is 4.14. The van der Waals surface area contributed by atoms with Crippen molar-refractivity contribution in [3.63, 3.8) is 0 Å². The molecule has 2 aliphatic heterocycles. The number of hydrogen-bond acceptors (Lipinski definition) is 4. The molecule has 15 heavy (non-hydrogen) atoms. The first-order valence-electron chi connectivity index (χ1n) is 4.93. The van der Waals surface area contributed by atoms with Crippen LogP contribution in [0.15, 0.2) is 12.7 Å². The lowest BCUT2D eigenvalue weighted by atomic mass is 10.1. The van der Waals surface area contributed by atoms with E-state index in [1.807, 2.05) is 13.8 Å². The van der Waals surface area contributed by atoms with E-state index in [2.05, 4.69) is 11.9 Å². The third kappa shape index (κ3) is 1.98. The van der Waals surface area contributed by atoms with E-state index in [-0.39, 0.29) is 18.2 Å². The zero-order valence-electron chi connectivity index (χ0n) is 8.86. The molecule has 3 atom stereocenters. The van der Waals surface area contributed by atoms with Gasteiger partial charge in [-0.1, -0.05) is 6.58 Å². The monoisotopic (exact) mass is 213 g/mol. The quantitative estimate of drug-likeness (QED) is 0.689. The molecule has 0 radical (unpaired) electrons. The highest BCUT2D eigenvalue weighted by Gasteiger charge is 2.44. The van der Waals surface area contributed by atoms with Gasteiger partial charge in [0.05, 0.1) is 6.61 Å². The average Bonchev–Trinajstić information content (AvgIpc) is 2.68. The van der Waals surface area contributed by atoms with Crippen molar-refractivity contribution in [2.75, 3.05) is 6.61 Å². The van der Waals surface area contributed by atoms with Gasteiger partial charge in [-0.2, -0.15) is 0 Å². The number of carbonyl (C=O) groups excluding carboxylic acids is 1. The lowest BCUT2D eigenvalue weighted by Crippen LogP contribution is -2.43. The Morgan fingerprint density at radius 2 is 2.33 bits per heavy atom. The Kier molecular flexibility index (Phi) is 2.44. The molecule has 1 amide bonds. The Bertz CT molecular complexity index is 289. The number of rotatable bonds is 2. The SMILES string of the molecule is C=C[C@@H]1OC(=O)N[C@@H]1C1COC(C)(C)O1. The van der Waals surface area contributed by atoms with E-state index in [1.165, 1.54) is 0 Å². The van der Waals surface area contributed by atoms with E-state index in [0.29, 0.717) is 6.61 Å². The molecule has 2 saturated heterocycles. The molecule has 2 fully saturated rings. The number of nitrogens with one attached hydrogen (secondary N) is 1. The van der Waals surface area contributed by atoms with Gasteiger partial charge >= 0.3 is 6.09 Å². The molecule has 2 rings (SSSR count). The topological polar surface area (TPSA) is 56.8 Å². The highest BCUT2D eigenvalue weighted by Crippen LogP contribution is 2.27. The second-order valence-electron chi connectivity index (χ2n) is 4.14. The molecule has 0 spiro atoms. The summed E-state index contributed by atoms with van der Waals surface area (Å²) in [5, 5.41) is 2.70. The molecular weight excluding hydrogens is 198 g/mol. The summed E-state index contributed by atoms with van der Waals surface area (Å²) in [4.78, 5) is 11.1. The van der Waals surface area contributed by atoms with Crippen molar-refractivity contribution >= 4 is 6.09 Å². The van der Waals surface area contributed by atoms with Crippen LogP contribution in [0, 0.1) is 0 Å². The van der Waals surface area contributed by atoms with Crippen LogP contribution in [0.1, 0.15) is 13.8 Å². The van der Waals surface area contributed by atoms with Crippen LogP contribution in [0.3, 0.4) is 0 Å². The van der Waals surface area contributed by atoms with Gasteiger partial charge in [0.1, 0.15) is 18.2 Å². The van der Waals surface area contributed by atoms with Crippen LogP contribution >= 0.6 is 0 Å². The summed E-state index contributed by atoms with van der Waals surface area (Å²) < 4.78 is 16.1. The fraction of sp³-hybridized carbons (Fsp3) is 0.700. The zero-order chi connectivity index (χ0) is 11.1. The summed E-state index contributed by atoms with van der Waals surface area (Å²) in [7, 11) is 0. The minimum Gasteiger partial charge on any atom is -0.440 e. The molecule has 2 aliphatic rings. The summed E-state index contributed by atoms with van der Waals surface area (Å²) in [6.07, 6.45) is 0.629. The van der Waals surface area contributed by atoms with Gasteiger partial charge in [-0.05, 0) is 19.9 Å². The molecule has 2 heterocycles. The molecule has 0 aromatic carbocycles. The van der Waals surface area contributed by atoms with Crippen LogP contribution in [0.4, 0.5) is 4.79 Å². The fourth-order valence-corrected chi connectivity index (χ4v) is 1.84. The third-order valence-corrected chi connectivity index (χ3v) is 2.54. The van der Waals surface area contributed by atoms with Crippen LogP contribution in [0.2, 0.25) is 0 Å². The lowest BCUT2D eigenvalue weighted by Gasteiger charge is -2.21. The predicted molar refractivity (Wildman–Crippen MR) is 52.3 cm³/mol. The molecule has 0 aliphatic carbocycles. The largest absolute Gasteiger partial charge is 0.440 e. The number of cyclic esters (lactones) is 1. The van der Waals surface area contributed by atoms with E-state index >= 15 is 0 Å². The first-order valence-corrected chi connectivity index (χ1v) is 4.93. The van der Waals surface area contributed by atoms with Gasteiger partial charge in [0.25, 0.3) is 0 Å². The predicted octanol–water partition coefficient (Wildman–Crippen LogP) is 0.801. The van der Waals surface area contributed by atoms with Crippen LogP contribution in [0.5, 0.6) is 0 Å². The Labute approximate surface area is 88.4 Å². The molecule has 0 aromatic heterocycles. The number of alkyl carbamates (subject to hydrolysis) is 1. The highest BCUT2D eigenvalue weighted by molar-refractivity contribution is 5.70. The summed E-state index contributed by atoms with van der Waals surface area (Å²) in [5.41, 5.74) is 0. The minimum atomic E-state index is -0.594. The molecule has 1 N–H and O–H groups in total. The molecule has 0 bridgehead atoms. The van der Waals surface area contributed by atoms with Crippen LogP contribution in [-0.4, -0.2) is 36.7 Å². The summed E-state index contributed by atoms with van der Waals surface area (Å²) in [5.74, 6) is -0.594. The number of carbonyl (C=O) groups is 1. The van der Waals surface area contributed by atoms with Crippen LogP contribution in [-0.2, 0) is 14.2 Å². The molecule has 0 saturated carbocycles. The standard InChI is InChI=1S/C10H15NO4/c1-4-6-8(11-9(12)14-6)7-5-13-10(2,3)15-7/h4,6-8H,1,5H2,2-3H3,(H,11,12)/t6-,7?,8-/m0/s1. The van der Waals surface area contributed by atoms with E-state index < -0.39 is 11.9 Å². The van der Waals surface area contributed by atoms with Gasteiger partial charge in [0.2, 0.25) is 0 Å². The maximum absolute atomic E-state index is 11.1. The summed E-state index contributed by atoms with van der Waals surface area (Å²) in [6, 6.07) is -0.211. The van der Waals surface area contributed by atoms with Gasteiger partial charge in [-0.3, -0.25) is 0 Å². The average molecular weight is 213 g/mol. The van der Waals surface area contributed by atoms with Crippen molar-refractivity contribution < 1.29 is 19.0 Å². The summed E-state index contributed by atoms with van der Waals surface area (Å²) >= 11 is 0. The molecule has 5 nitrogen and oxygen atoms in total. The van der Waals surface area contributed by atoms with Crippen molar-refractivity contribution in [3.05, 3.63) is 12.7 Å². The molecule has 5 heteroatoms. The Balaban J connectivity index is 2.05. The Morgan fingerprint density at radius 3 is 2.87 bits per heavy atom. The van der Waals surface area contributed by atoms with Gasteiger partial charge in [0.15, 0.2) is 5.79 Å². The fourth-order valence-electron chi connectivity index (χ4n) is 1.84. The van der Waals surface area contributed by atoms with E-state index in [9.17, 15) is 4.79 Å². The van der Waals surface area contributed by atoms with Crippen LogP contribution in [0.25, 0.3) is 0 Å². The molecular formula is C10H15NO4. The summed E-state index contributed by atoms with van der Waals surface area (Å²) in [6.45, 7) is 7.75. The van der Waals surface area contributed by atoms with Gasteiger partial charge in [-0.25, -0.2) is 4.79 Å². The van der Waals surface area contributed by atoms with Gasteiger partial charge in [-0.15, -0.1) is 0 Å². The maximum Gasteiger partial charge on any atom is 0.408 e. The van der Waals surface area contributed by atoms with E-state index in [4.69, 9.17) is 14.2 Å². The van der Waals surface area contributed by atoms with Crippen molar-refractivity contribution in [2.45, 2.75) is 37.9 Å². The van der Waals surface area contributed by atoms with Gasteiger partial charge < -0.3 is 19.5 Å². The maximum atomic E-state index is 11.1. The van der Waals surface area contributed by atoms with Crippen LogP contribution < -0.4 is 5.32 Å². The van der Waals surface area contributed by atoms with E-state index in [1.54, 1.807) is 6.08 Å². The van der Waals surface area contributed by atoms with Crippen molar-refractivity contribution in [1.29, 1.82) is 0 Å². The normalized spacial score (nSPS) is 38.5. The molecule has 84 valence electrons. The number of ether oxygens (including phenoxy) is 3.